The summed E-state index contributed by atoms with van der Waals surface area (Å²) in [4.78, 5) is 26.6. The van der Waals surface area contributed by atoms with E-state index < -0.39 is 6.04 Å². The molecule has 1 atom stereocenters. The van der Waals surface area contributed by atoms with Crippen LogP contribution in [0.1, 0.15) is 24.1 Å². The average Bonchev–Trinajstić information content (AvgIpc) is 2.72. The molecule has 5 nitrogen and oxygen atoms in total. The number of allylic oxidation sites excluding steroid dienone is 1. The maximum atomic E-state index is 12.9. The lowest BCUT2D eigenvalue weighted by Crippen LogP contribution is -2.44. The van der Waals surface area contributed by atoms with Crippen molar-refractivity contribution in [2.45, 2.75) is 13.0 Å². The molecule has 3 rings (SSSR count). The molecule has 138 valence electrons. The van der Waals surface area contributed by atoms with Gasteiger partial charge < -0.3 is 15.0 Å². The highest BCUT2D eigenvalue weighted by Gasteiger charge is 2.30. The number of hydrogen-bond donors (Lipinski definition) is 1. The molecule has 1 aliphatic heterocycles. The van der Waals surface area contributed by atoms with Gasteiger partial charge in [0, 0.05) is 18.3 Å². The Kier molecular flexibility index (Phi) is 5.71. The van der Waals surface area contributed by atoms with E-state index >= 15 is 0 Å². The second kappa shape index (κ2) is 8.36. The molecule has 0 aliphatic carbocycles. The van der Waals surface area contributed by atoms with Gasteiger partial charge in [-0.25, -0.2) is 4.79 Å². The summed E-state index contributed by atoms with van der Waals surface area (Å²) in [5.41, 5.74) is 2.31. The number of carbonyl (C=O) groups excluding carboxylic acids is 2. The van der Waals surface area contributed by atoms with Gasteiger partial charge in [0.1, 0.15) is 5.75 Å². The molecule has 0 fully saturated rings. The number of carbonyl (C=O) groups is 2. The lowest BCUT2D eigenvalue weighted by atomic mass is 9.94. The van der Waals surface area contributed by atoms with Crippen molar-refractivity contribution >= 4 is 17.9 Å². The second-order valence-corrected chi connectivity index (χ2v) is 6.13. The third-order valence-corrected chi connectivity index (χ3v) is 4.44. The number of ether oxygens (including phenoxy) is 1. The Morgan fingerprint density at radius 2 is 1.85 bits per heavy atom. The third-order valence-electron chi connectivity index (χ3n) is 4.44. The Morgan fingerprint density at radius 3 is 2.48 bits per heavy atom. The molecule has 2 aromatic rings. The van der Waals surface area contributed by atoms with Gasteiger partial charge >= 0.3 is 6.03 Å². The van der Waals surface area contributed by atoms with Crippen molar-refractivity contribution in [3.05, 3.63) is 83.6 Å². The fraction of sp³-hybridized carbons (Fsp3) is 0.182. The molecule has 1 N–H and O–H groups in total. The minimum atomic E-state index is -0.463. The van der Waals surface area contributed by atoms with Crippen molar-refractivity contribution in [2.24, 2.45) is 0 Å². The van der Waals surface area contributed by atoms with E-state index in [2.05, 4.69) is 5.32 Å². The number of methoxy groups -OCH3 is 1. The van der Waals surface area contributed by atoms with E-state index in [1.807, 2.05) is 61.5 Å². The SMILES string of the molecule is CCN1C=C(C(=O)/C=C/c2ccc(OC)cc2)[C@H](c2ccccc2)NC1=O. The number of amides is 2. The van der Waals surface area contributed by atoms with Crippen molar-refractivity contribution in [3.8, 4) is 5.75 Å². The van der Waals surface area contributed by atoms with Gasteiger partial charge in [0.15, 0.2) is 5.78 Å². The van der Waals surface area contributed by atoms with E-state index in [1.165, 1.54) is 11.0 Å². The fourth-order valence-corrected chi connectivity index (χ4v) is 2.92. The van der Waals surface area contributed by atoms with Crippen molar-refractivity contribution in [1.82, 2.24) is 10.2 Å². The molecule has 0 bridgehead atoms. The zero-order chi connectivity index (χ0) is 19.2. The zero-order valence-corrected chi connectivity index (χ0v) is 15.4. The maximum Gasteiger partial charge on any atom is 0.322 e. The summed E-state index contributed by atoms with van der Waals surface area (Å²) in [7, 11) is 1.61. The Morgan fingerprint density at radius 1 is 1.15 bits per heavy atom. The van der Waals surface area contributed by atoms with Crippen LogP contribution in [0.2, 0.25) is 0 Å². The molecule has 0 unspecified atom stereocenters. The lowest BCUT2D eigenvalue weighted by Gasteiger charge is -2.31. The second-order valence-electron chi connectivity index (χ2n) is 6.13. The predicted octanol–water partition coefficient (Wildman–Crippen LogP) is 3.95. The summed E-state index contributed by atoms with van der Waals surface area (Å²) in [5, 5.41) is 2.93. The first-order valence-electron chi connectivity index (χ1n) is 8.82. The molecule has 0 spiro atoms. The summed E-state index contributed by atoms with van der Waals surface area (Å²) >= 11 is 0. The number of benzene rings is 2. The number of urea groups is 1. The largest absolute Gasteiger partial charge is 0.497 e. The van der Waals surface area contributed by atoms with Gasteiger partial charge in [-0.3, -0.25) is 4.79 Å². The van der Waals surface area contributed by atoms with Gasteiger partial charge in [0.25, 0.3) is 0 Å². The van der Waals surface area contributed by atoms with E-state index in [0.717, 1.165) is 16.9 Å². The van der Waals surface area contributed by atoms with Crippen LogP contribution in [0.4, 0.5) is 4.79 Å². The summed E-state index contributed by atoms with van der Waals surface area (Å²) in [6.45, 7) is 2.36. The van der Waals surface area contributed by atoms with Crippen LogP contribution in [-0.4, -0.2) is 30.4 Å². The van der Waals surface area contributed by atoms with E-state index in [0.29, 0.717) is 12.1 Å². The van der Waals surface area contributed by atoms with E-state index in [9.17, 15) is 9.59 Å². The first-order chi connectivity index (χ1) is 13.1. The standard InChI is InChI=1S/C22H22N2O3/c1-3-24-15-19(21(23-22(24)26)17-7-5-4-6-8-17)20(25)14-11-16-9-12-18(27-2)13-10-16/h4-15,21H,3H2,1-2H3,(H,23,26)/b14-11+/t21-/m0/s1. The number of rotatable bonds is 6. The Bertz CT molecular complexity index is 870. The van der Waals surface area contributed by atoms with Gasteiger partial charge in [0.2, 0.25) is 0 Å². The van der Waals surface area contributed by atoms with Crippen LogP contribution >= 0.6 is 0 Å². The Labute approximate surface area is 158 Å². The number of ketones is 1. The van der Waals surface area contributed by atoms with Crippen LogP contribution in [0, 0.1) is 0 Å². The molecule has 0 saturated heterocycles. The molecule has 2 aromatic carbocycles. The fourth-order valence-electron chi connectivity index (χ4n) is 2.92. The monoisotopic (exact) mass is 362 g/mol. The van der Waals surface area contributed by atoms with Crippen LogP contribution in [0.3, 0.4) is 0 Å². The number of hydrogen-bond acceptors (Lipinski definition) is 3. The summed E-state index contributed by atoms with van der Waals surface area (Å²) in [6, 6.07) is 16.3. The molecule has 1 heterocycles. The van der Waals surface area contributed by atoms with Crippen LogP contribution in [0.5, 0.6) is 5.75 Å². The quantitative estimate of drug-likeness (QED) is 0.792. The molecular formula is C22H22N2O3. The van der Waals surface area contributed by atoms with Crippen LogP contribution < -0.4 is 10.1 Å². The highest BCUT2D eigenvalue weighted by molar-refractivity contribution is 6.08. The molecule has 27 heavy (non-hydrogen) atoms. The summed E-state index contributed by atoms with van der Waals surface area (Å²) in [5.74, 6) is 0.622. The topological polar surface area (TPSA) is 58.6 Å². The summed E-state index contributed by atoms with van der Waals surface area (Å²) < 4.78 is 5.14. The highest BCUT2D eigenvalue weighted by Crippen LogP contribution is 2.27. The summed E-state index contributed by atoms with van der Waals surface area (Å²) in [6.07, 6.45) is 4.95. The van der Waals surface area contributed by atoms with Crippen LogP contribution in [0.25, 0.3) is 6.08 Å². The smallest absolute Gasteiger partial charge is 0.322 e. The zero-order valence-electron chi connectivity index (χ0n) is 15.4. The van der Waals surface area contributed by atoms with Crippen molar-refractivity contribution in [2.75, 3.05) is 13.7 Å². The lowest BCUT2D eigenvalue weighted by molar-refractivity contribution is -0.111. The number of nitrogens with zero attached hydrogens (tertiary/aromatic N) is 1. The van der Waals surface area contributed by atoms with Crippen molar-refractivity contribution in [1.29, 1.82) is 0 Å². The third kappa shape index (κ3) is 4.26. The molecule has 2 amide bonds. The van der Waals surface area contributed by atoms with Crippen LogP contribution in [0.15, 0.2) is 72.4 Å². The van der Waals surface area contributed by atoms with E-state index in [4.69, 9.17) is 4.74 Å². The first-order valence-corrected chi connectivity index (χ1v) is 8.82. The minimum Gasteiger partial charge on any atom is -0.497 e. The molecule has 5 heteroatoms. The predicted molar refractivity (Wildman–Crippen MR) is 105 cm³/mol. The molecule has 0 aromatic heterocycles. The minimum absolute atomic E-state index is 0.141. The molecular weight excluding hydrogens is 340 g/mol. The van der Waals surface area contributed by atoms with Gasteiger partial charge in [-0.05, 0) is 36.3 Å². The molecule has 0 saturated carbocycles. The van der Waals surface area contributed by atoms with Gasteiger partial charge in [-0.15, -0.1) is 0 Å². The number of nitrogens with one attached hydrogen (secondary N) is 1. The molecule has 1 aliphatic rings. The van der Waals surface area contributed by atoms with Crippen molar-refractivity contribution < 1.29 is 14.3 Å². The Balaban J connectivity index is 1.87. The Hall–Kier alpha value is -3.34. The van der Waals surface area contributed by atoms with E-state index in [-0.39, 0.29) is 11.8 Å². The van der Waals surface area contributed by atoms with Crippen LogP contribution in [-0.2, 0) is 4.79 Å². The van der Waals surface area contributed by atoms with Gasteiger partial charge in [-0.2, -0.15) is 0 Å². The van der Waals surface area contributed by atoms with Gasteiger partial charge in [-0.1, -0.05) is 48.5 Å². The van der Waals surface area contributed by atoms with Gasteiger partial charge in [0.05, 0.1) is 13.2 Å². The highest BCUT2D eigenvalue weighted by atomic mass is 16.5. The maximum absolute atomic E-state index is 12.9. The molecule has 0 radical (unpaired) electrons. The normalized spacial score (nSPS) is 16.8. The average molecular weight is 362 g/mol. The van der Waals surface area contributed by atoms with E-state index in [1.54, 1.807) is 19.4 Å². The van der Waals surface area contributed by atoms with Crippen molar-refractivity contribution in [3.63, 3.8) is 0 Å². The first kappa shape index (κ1) is 18.5.